The van der Waals surface area contributed by atoms with Crippen molar-refractivity contribution >= 4 is 0 Å². The third kappa shape index (κ3) is 2.22. The maximum atomic E-state index is 13.8. The largest absolute Gasteiger partial charge is 0.508 e. The zero-order valence-corrected chi connectivity index (χ0v) is 12.2. The summed E-state index contributed by atoms with van der Waals surface area (Å²) < 4.78 is 13.8. The third-order valence-electron chi connectivity index (χ3n) is 5.50. The first-order valence-electron chi connectivity index (χ1n) is 7.75. The molecule has 20 heavy (non-hydrogen) atoms. The van der Waals surface area contributed by atoms with Crippen LogP contribution in [0.1, 0.15) is 51.9 Å². The monoisotopic (exact) mass is 277 g/mol. The van der Waals surface area contributed by atoms with Crippen LogP contribution in [0.25, 0.3) is 0 Å². The number of fused-ring (bicyclic) bond motifs is 3. The van der Waals surface area contributed by atoms with Crippen molar-refractivity contribution in [2.24, 2.45) is 17.1 Å². The van der Waals surface area contributed by atoms with Gasteiger partial charge in [0.1, 0.15) is 11.6 Å². The number of halogens is 1. The molecule has 2 nitrogen and oxygen atoms in total. The highest BCUT2D eigenvalue weighted by Crippen LogP contribution is 2.51. The zero-order valence-electron chi connectivity index (χ0n) is 12.2. The van der Waals surface area contributed by atoms with Gasteiger partial charge in [-0.05, 0) is 36.8 Å². The van der Waals surface area contributed by atoms with Crippen molar-refractivity contribution in [3.8, 4) is 0 Å². The predicted molar refractivity (Wildman–Crippen MR) is 78.8 cm³/mol. The lowest BCUT2D eigenvalue weighted by atomic mass is 9.59. The van der Waals surface area contributed by atoms with Gasteiger partial charge < -0.3 is 10.8 Å². The van der Waals surface area contributed by atoms with Gasteiger partial charge in [0, 0.05) is 24.0 Å². The Labute approximate surface area is 120 Å². The molecule has 2 bridgehead atoms. The molecule has 1 unspecified atom stereocenters. The van der Waals surface area contributed by atoms with E-state index in [2.05, 4.69) is 6.92 Å². The summed E-state index contributed by atoms with van der Waals surface area (Å²) in [6.07, 6.45) is 10.1. The summed E-state index contributed by atoms with van der Waals surface area (Å²) in [5.41, 5.74) is 8.70. The molecule has 0 aromatic rings. The second kappa shape index (κ2) is 5.03. The maximum absolute atomic E-state index is 13.8. The predicted octanol–water partition coefficient (Wildman–Crippen LogP) is 4.30. The highest BCUT2D eigenvalue weighted by Gasteiger charge is 2.44. The van der Waals surface area contributed by atoms with Crippen molar-refractivity contribution in [2.75, 3.05) is 0 Å². The van der Waals surface area contributed by atoms with E-state index >= 15 is 0 Å². The van der Waals surface area contributed by atoms with Crippen molar-refractivity contribution in [1.29, 1.82) is 0 Å². The van der Waals surface area contributed by atoms with Gasteiger partial charge in [0.15, 0.2) is 0 Å². The standard InChI is InChI=1S/C17H24FNO/c1-17-6-4-2-3-5-11(16(17)19)7-12-8-13(18)9-14(20)10-15(12)17/h9-11,16,20H,2-8,19H2,1H3/t11?,16-,17-/m0/s1. The first-order chi connectivity index (χ1) is 9.50. The molecule has 3 rings (SSSR count). The van der Waals surface area contributed by atoms with E-state index in [4.69, 9.17) is 5.73 Å². The van der Waals surface area contributed by atoms with E-state index < -0.39 is 0 Å². The molecule has 110 valence electrons. The quantitative estimate of drug-likeness (QED) is 0.693. The molecular formula is C17H24FNO. The molecule has 1 fully saturated rings. The van der Waals surface area contributed by atoms with Crippen molar-refractivity contribution in [3.05, 3.63) is 34.9 Å². The van der Waals surface area contributed by atoms with Crippen molar-refractivity contribution in [2.45, 2.75) is 57.9 Å². The van der Waals surface area contributed by atoms with Crippen LogP contribution in [-0.4, -0.2) is 11.1 Å². The number of allylic oxidation sites excluding steroid dienone is 4. The summed E-state index contributed by atoms with van der Waals surface area (Å²) >= 11 is 0. The summed E-state index contributed by atoms with van der Waals surface area (Å²) in [6, 6.07) is 0.117. The van der Waals surface area contributed by atoms with Crippen LogP contribution in [0.4, 0.5) is 4.39 Å². The second-order valence-electron chi connectivity index (χ2n) is 6.86. The van der Waals surface area contributed by atoms with Crippen molar-refractivity contribution < 1.29 is 9.50 Å². The van der Waals surface area contributed by atoms with Crippen LogP contribution < -0.4 is 5.73 Å². The lowest BCUT2D eigenvalue weighted by Gasteiger charge is -2.48. The van der Waals surface area contributed by atoms with Gasteiger partial charge in [-0.2, -0.15) is 0 Å². The zero-order chi connectivity index (χ0) is 14.3. The summed E-state index contributed by atoms with van der Waals surface area (Å²) in [5.74, 6) is 0.249. The Balaban J connectivity index is 2.09. The number of hydrogen-bond donors (Lipinski definition) is 2. The van der Waals surface area contributed by atoms with E-state index in [0.717, 1.165) is 36.8 Å². The molecular weight excluding hydrogens is 253 g/mol. The van der Waals surface area contributed by atoms with Crippen LogP contribution in [0.15, 0.2) is 34.9 Å². The van der Waals surface area contributed by atoms with Crippen LogP contribution in [0.3, 0.4) is 0 Å². The Hall–Kier alpha value is -1.09. The Morgan fingerprint density at radius 1 is 1.30 bits per heavy atom. The lowest BCUT2D eigenvalue weighted by Crippen LogP contribution is -2.50. The number of nitrogens with two attached hydrogens (primary N) is 1. The van der Waals surface area contributed by atoms with Gasteiger partial charge >= 0.3 is 0 Å². The summed E-state index contributed by atoms with van der Waals surface area (Å²) in [5, 5.41) is 9.89. The summed E-state index contributed by atoms with van der Waals surface area (Å²) in [6.45, 7) is 2.21. The van der Waals surface area contributed by atoms with E-state index in [1.165, 1.54) is 18.9 Å². The van der Waals surface area contributed by atoms with E-state index in [0.29, 0.717) is 12.3 Å². The molecule has 0 aromatic heterocycles. The Morgan fingerprint density at radius 2 is 2.10 bits per heavy atom. The molecule has 1 saturated carbocycles. The molecule has 3 aliphatic carbocycles. The molecule has 3 heteroatoms. The molecule has 3 atom stereocenters. The molecule has 0 spiro atoms. The number of aliphatic hydroxyl groups is 1. The van der Waals surface area contributed by atoms with E-state index in [1.807, 2.05) is 0 Å². The van der Waals surface area contributed by atoms with Gasteiger partial charge in [-0.1, -0.05) is 31.8 Å². The van der Waals surface area contributed by atoms with E-state index in [-0.39, 0.29) is 23.0 Å². The minimum atomic E-state index is -0.239. The van der Waals surface area contributed by atoms with Crippen molar-refractivity contribution in [3.63, 3.8) is 0 Å². The minimum Gasteiger partial charge on any atom is -0.508 e. The topological polar surface area (TPSA) is 46.2 Å². The van der Waals surface area contributed by atoms with Gasteiger partial charge in [0.05, 0.1) is 0 Å². The van der Waals surface area contributed by atoms with Gasteiger partial charge in [0.2, 0.25) is 0 Å². The Morgan fingerprint density at radius 3 is 2.90 bits per heavy atom. The fourth-order valence-corrected chi connectivity index (χ4v) is 4.35. The highest BCUT2D eigenvalue weighted by molar-refractivity contribution is 5.43. The van der Waals surface area contributed by atoms with Gasteiger partial charge in [-0.3, -0.25) is 0 Å². The van der Waals surface area contributed by atoms with Gasteiger partial charge in [-0.15, -0.1) is 0 Å². The summed E-state index contributed by atoms with van der Waals surface area (Å²) in [7, 11) is 0. The molecule has 3 N–H and O–H groups in total. The Kier molecular flexibility index (Phi) is 3.49. The van der Waals surface area contributed by atoms with Crippen molar-refractivity contribution in [1.82, 2.24) is 0 Å². The Bertz CT molecular complexity index is 505. The van der Waals surface area contributed by atoms with Crippen LogP contribution in [0.5, 0.6) is 0 Å². The molecule has 0 saturated heterocycles. The maximum Gasteiger partial charge on any atom is 0.118 e. The molecule has 0 aliphatic heterocycles. The number of hydrogen-bond acceptors (Lipinski definition) is 2. The van der Waals surface area contributed by atoms with Crippen LogP contribution in [0.2, 0.25) is 0 Å². The van der Waals surface area contributed by atoms with Gasteiger partial charge in [0.25, 0.3) is 0 Å². The normalized spacial score (nSPS) is 38.1. The SMILES string of the molecule is C[C@]12CCCCCC(CC3=C1C=C(O)C=C(F)C3)[C@@H]2N. The number of aliphatic hydroxyl groups excluding tert-OH is 1. The van der Waals surface area contributed by atoms with E-state index in [1.54, 1.807) is 6.08 Å². The van der Waals surface area contributed by atoms with Crippen LogP contribution >= 0.6 is 0 Å². The minimum absolute atomic E-state index is 0.0291. The second-order valence-corrected chi connectivity index (χ2v) is 6.86. The van der Waals surface area contributed by atoms with E-state index in [9.17, 15) is 9.50 Å². The third-order valence-corrected chi connectivity index (χ3v) is 5.50. The average Bonchev–Trinajstić information content (AvgIpc) is 2.52. The molecule has 0 radical (unpaired) electrons. The molecule has 0 amide bonds. The number of rotatable bonds is 0. The molecule has 3 aliphatic rings. The summed E-state index contributed by atoms with van der Waals surface area (Å²) in [4.78, 5) is 0. The average molecular weight is 277 g/mol. The highest BCUT2D eigenvalue weighted by atomic mass is 19.1. The first-order valence-corrected chi connectivity index (χ1v) is 7.75. The van der Waals surface area contributed by atoms with Crippen LogP contribution in [-0.2, 0) is 0 Å². The lowest BCUT2D eigenvalue weighted by molar-refractivity contribution is 0.167. The molecule has 0 heterocycles. The van der Waals surface area contributed by atoms with Gasteiger partial charge in [-0.25, -0.2) is 4.39 Å². The van der Waals surface area contributed by atoms with Crippen LogP contribution in [0, 0.1) is 11.3 Å². The fourth-order valence-electron chi connectivity index (χ4n) is 4.35. The first kappa shape index (κ1) is 13.9. The molecule has 0 aromatic carbocycles. The smallest absolute Gasteiger partial charge is 0.118 e. The fraction of sp³-hybridized carbons (Fsp3) is 0.647.